The molecule has 7 heteroatoms. The molecule has 0 spiro atoms. The van der Waals surface area contributed by atoms with Gasteiger partial charge in [0.15, 0.2) is 11.5 Å². The third kappa shape index (κ3) is 5.93. The zero-order valence-electron chi connectivity index (χ0n) is 13.1. The van der Waals surface area contributed by atoms with E-state index in [1.165, 1.54) is 19.3 Å². The molecule has 0 aromatic heterocycles. The first-order valence-corrected chi connectivity index (χ1v) is 7.87. The highest BCUT2D eigenvalue weighted by atomic mass is 79.9. The highest BCUT2D eigenvalue weighted by Gasteiger charge is 2.12. The Hall–Kier alpha value is -2.04. The summed E-state index contributed by atoms with van der Waals surface area (Å²) in [5.74, 6) is -0.229. The van der Waals surface area contributed by atoms with Gasteiger partial charge in [0.05, 0.1) is 7.11 Å². The van der Waals surface area contributed by atoms with Crippen molar-refractivity contribution in [2.24, 2.45) is 0 Å². The molecule has 1 rings (SSSR count). The van der Waals surface area contributed by atoms with Gasteiger partial charge in [-0.3, -0.25) is 4.79 Å². The van der Waals surface area contributed by atoms with Crippen molar-refractivity contribution in [1.29, 1.82) is 5.26 Å². The molecule has 0 fully saturated rings. The molecule has 1 aromatic carbocycles. The Bertz CT molecular complexity index is 623. The van der Waals surface area contributed by atoms with Crippen molar-refractivity contribution < 1.29 is 19.4 Å². The van der Waals surface area contributed by atoms with E-state index in [0.717, 1.165) is 0 Å². The van der Waals surface area contributed by atoms with Gasteiger partial charge in [-0.15, -0.1) is 0 Å². The summed E-state index contributed by atoms with van der Waals surface area (Å²) in [4.78, 5) is 12.0. The van der Waals surface area contributed by atoms with E-state index in [0.29, 0.717) is 36.2 Å². The minimum atomic E-state index is -0.456. The molecule has 23 heavy (non-hydrogen) atoms. The molecule has 6 nitrogen and oxygen atoms in total. The first kappa shape index (κ1) is 19.0. The van der Waals surface area contributed by atoms with Crippen LogP contribution in [-0.2, 0) is 9.53 Å². The van der Waals surface area contributed by atoms with Crippen molar-refractivity contribution in [3.05, 3.63) is 27.7 Å². The lowest BCUT2D eigenvalue weighted by atomic mass is 10.1. The number of amides is 1. The Morgan fingerprint density at radius 1 is 1.52 bits per heavy atom. The van der Waals surface area contributed by atoms with Crippen molar-refractivity contribution >= 4 is 27.9 Å². The zero-order chi connectivity index (χ0) is 17.2. The molecule has 0 aliphatic carbocycles. The molecule has 0 saturated carbocycles. The summed E-state index contributed by atoms with van der Waals surface area (Å²) in [6, 6.07) is 4.86. The number of nitrogens with zero attached hydrogens (tertiary/aromatic N) is 1. The minimum absolute atomic E-state index is 0.0320. The second-order valence-corrected chi connectivity index (χ2v) is 5.38. The van der Waals surface area contributed by atoms with Crippen LogP contribution in [-0.4, -0.2) is 37.9 Å². The van der Waals surface area contributed by atoms with Crippen molar-refractivity contribution in [3.8, 4) is 17.6 Å². The van der Waals surface area contributed by atoms with Crippen LogP contribution in [0.3, 0.4) is 0 Å². The van der Waals surface area contributed by atoms with Gasteiger partial charge in [0.25, 0.3) is 5.91 Å². The van der Waals surface area contributed by atoms with Gasteiger partial charge in [-0.25, -0.2) is 0 Å². The number of carbonyl (C=O) groups excluding carboxylic acids is 1. The number of carbonyl (C=O) groups is 1. The number of nitrogens with one attached hydrogen (secondary N) is 1. The molecule has 0 radical (unpaired) electrons. The lowest BCUT2D eigenvalue weighted by Crippen LogP contribution is -2.26. The van der Waals surface area contributed by atoms with Crippen LogP contribution in [0, 0.1) is 11.3 Å². The Morgan fingerprint density at radius 2 is 2.26 bits per heavy atom. The quantitative estimate of drug-likeness (QED) is 0.409. The number of aromatic hydroxyl groups is 1. The minimum Gasteiger partial charge on any atom is -0.504 e. The average Bonchev–Trinajstić information content (AvgIpc) is 2.53. The van der Waals surface area contributed by atoms with Crippen molar-refractivity contribution in [2.45, 2.75) is 13.3 Å². The SMILES string of the molecule is CCOCCCNC(=O)/C(C#N)=C\c1cc(OC)c(O)cc1Br. The maximum absolute atomic E-state index is 12.0. The molecule has 0 aliphatic rings. The number of hydrogen-bond acceptors (Lipinski definition) is 5. The van der Waals surface area contributed by atoms with Gasteiger partial charge >= 0.3 is 0 Å². The summed E-state index contributed by atoms with van der Waals surface area (Å²) in [5, 5.41) is 21.5. The Morgan fingerprint density at radius 3 is 2.87 bits per heavy atom. The Labute approximate surface area is 143 Å². The van der Waals surface area contributed by atoms with Crippen molar-refractivity contribution in [3.63, 3.8) is 0 Å². The van der Waals surface area contributed by atoms with E-state index in [2.05, 4.69) is 21.2 Å². The number of nitriles is 1. The number of rotatable bonds is 8. The van der Waals surface area contributed by atoms with Crippen LogP contribution in [0.15, 0.2) is 22.2 Å². The van der Waals surface area contributed by atoms with Crippen LogP contribution >= 0.6 is 15.9 Å². The number of ether oxygens (including phenoxy) is 2. The molecule has 124 valence electrons. The van der Waals surface area contributed by atoms with E-state index in [4.69, 9.17) is 9.47 Å². The summed E-state index contributed by atoms with van der Waals surface area (Å²) in [7, 11) is 1.42. The van der Waals surface area contributed by atoms with Crippen molar-refractivity contribution in [2.75, 3.05) is 26.9 Å². The van der Waals surface area contributed by atoms with Crippen LogP contribution in [0.25, 0.3) is 6.08 Å². The molecule has 0 heterocycles. The molecule has 1 aromatic rings. The van der Waals surface area contributed by atoms with Gasteiger partial charge in [-0.2, -0.15) is 5.26 Å². The van der Waals surface area contributed by atoms with E-state index in [9.17, 15) is 15.2 Å². The number of benzene rings is 1. The van der Waals surface area contributed by atoms with E-state index in [-0.39, 0.29) is 17.1 Å². The smallest absolute Gasteiger partial charge is 0.261 e. The monoisotopic (exact) mass is 382 g/mol. The van der Waals surface area contributed by atoms with E-state index in [1.807, 2.05) is 13.0 Å². The standard InChI is InChI=1S/C16H19BrN2O4/c1-3-23-6-4-5-19-16(21)12(10-18)7-11-8-15(22-2)14(20)9-13(11)17/h7-9,20H,3-6H2,1-2H3,(H,19,21)/b12-7-. The van der Waals surface area contributed by atoms with Gasteiger partial charge in [0.1, 0.15) is 11.6 Å². The third-order valence-electron chi connectivity index (χ3n) is 2.92. The molecule has 1 amide bonds. The van der Waals surface area contributed by atoms with Crippen LogP contribution in [0.4, 0.5) is 0 Å². The lowest BCUT2D eigenvalue weighted by molar-refractivity contribution is -0.117. The molecule has 0 bridgehead atoms. The second-order valence-electron chi connectivity index (χ2n) is 4.52. The zero-order valence-corrected chi connectivity index (χ0v) is 14.6. The summed E-state index contributed by atoms with van der Waals surface area (Å²) in [6.07, 6.45) is 2.11. The maximum atomic E-state index is 12.0. The molecular weight excluding hydrogens is 364 g/mol. The van der Waals surface area contributed by atoms with E-state index < -0.39 is 5.91 Å². The average molecular weight is 383 g/mol. The fourth-order valence-electron chi connectivity index (χ4n) is 1.75. The van der Waals surface area contributed by atoms with Crippen LogP contribution in [0.1, 0.15) is 18.9 Å². The predicted octanol–water partition coefficient (Wildman–Crippen LogP) is 2.61. The molecule has 0 saturated heterocycles. The van der Waals surface area contributed by atoms with Crippen LogP contribution in [0.2, 0.25) is 0 Å². The van der Waals surface area contributed by atoms with Gasteiger partial charge < -0.3 is 19.9 Å². The van der Waals surface area contributed by atoms with Gasteiger partial charge in [0, 0.05) is 24.2 Å². The highest BCUT2D eigenvalue weighted by molar-refractivity contribution is 9.10. The van der Waals surface area contributed by atoms with Crippen molar-refractivity contribution in [1.82, 2.24) is 5.32 Å². The summed E-state index contributed by atoms with van der Waals surface area (Å²) >= 11 is 3.28. The molecule has 2 N–H and O–H groups in total. The largest absolute Gasteiger partial charge is 0.504 e. The van der Waals surface area contributed by atoms with Gasteiger partial charge in [0.2, 0.25) is 0 Å². The first-order chi connectivity index (χ1) is 11.0. The fraction of sp³-hybridized carbons (Fsp3) is 0.375. The summed E-state index contributed by atoms with van der Waals surface area (Å²) in [5.41, 5.74) is 0.524. The van der Waals surface area contributed by atoms with Crippen LogP contribution in [0.5, 0.6) is 11.5 Å². The molecule has 0 unspecified atom stereocenters. The molecular formula is C16H19BrN2O4. The predicted molar refractivity (Wildman–Crippen MR) is 90.1 cm³/mol. The summed E-state index contributed by atoms with van der Waals surface area (Å²) < 4.78 is 10.7. The maximum Gasteiger partial charge on any atom is 0.261 e. The molecule has 0 atom stereocenters. The van der Waals surface area contributed by atoms with Crippen LogP contribution < -0.4 is 10.1 Å². The second kappa shape index (κ2) is 9.87. The summed E-state index contributed by atoms with van der Waals surface area (Å²) in [6.45, 7) is 3.52. The number of phenols is 1. The Balaban J connectivity index is 2.83. The normalized spacial score (nSPS) is 11.0. The first-order valence-electron chi connectivity index (χ1n) is 7.07. The number of halogens is 1. The third-order valence-corrected chi connectivity index (χ3v) is 3.60. The molecule has 0 aliphatic heterocycles. The number of hydrogen-bond donors (Lipinski definition) is 2. The number of methoxy groups -OCH3 is 1. The number of phenolic OH excluding ortho intramolecular Hbond substituents is 1. The van der Waals surface area contributed by atoms with Gasteiger partial charge in [-0.1, -0.05) is 15.9 Å². The van der Waals surface area contributed by atoms with Gasteiger partial charge in [-0.05, 0) is 37.1 Å². The topological polar surface area (TPSA) is 91.6 Å². The highest BCUT2D eigenvalue weighted by Crippen LogP contribution is 2.33. The lowest BCUT2D eigenvalue weighted by Gasteiger charge is -2.08. The fourth-order valence-corrected chi connectivity index (χ4v) is 2.20. The van der Waals surface area contributed by atoms with E-state index in [1.54, 1.807) is 6.07 Å². The Kier molecular flexibility index (Phi) is 8.16. The van der Waals surface area contributed by atoms with E-state index >= 15 is 0 Å².